The Labute approximate surface area is 89.4 Å². The number of anilines is 1. The summed E-state index contributed by atoms with van der Waals surface area (Å²) in [6.45, 7) is 1.01. The molecular weight excluding hydrogens is 196 g/mol. The number of hydrogen-bond acceptors (Lipinski definition) is 2. The molecule has 0 heterocycles. The van der Waals surface area contributed by atoms with Crippen molar-refractivity contribution >= 4 is 17.3 Å². The minimum atomic E-state index is 0.432. The molecule has 3 heteroatoms. The number of benzene rings is 1. The molecule has 14 heavy (non-hydrogen) atoms. The zero-order chi connectivity index (χ0) is 9.97. The zero-order valence-electron chi connectivity index (χ0n) is 8.04. The van der Waals surface area contributed by atoms with Crippen LogP contribution in [0.4, 0.5) is 5.69 Å². The molecule has 0 aliphatic heterocycles. The van der Waals surface area contributed by atoms with Crippen LogP contribution in [0.2, 0.25) is 5.02 Å². The molecule has 1 aliphatic carbocycles. The first kappa shape index (κ1) is 9.81. The Morgan fingerprint density at radius 3 is 2.86 bits per heavy atom. The molecule has 0 radical (unpaired) electrons. The summed E-state index contributed by atoms with van der Waals surface area (Å²) < 4.78 is 0. The molecule has 0 amide bonds. The van der Waals surface area contributed by atoms with Crippen molar-refractivity contribution < 1.29 is 0 Å². The van der Waals surface area contributed by atoms with Crippen molar-refractivity contribution in [2.75, 3.05) is 11.9 Å². The number of nitrogens with two attached hydrogens (primary N) is 1. The van der Waals surface area contributed by atoms with Crippen LogP contribution in [0, 0.1) is 5.92 Å². The normalized spacial score (nSPS) is 25.6. The van der Waals surface area contributed by atoms with E-state index in [0.717, 1.165) is 36.0 Å². The van der Waals surface area contributed by atoms with Gasteiger partial charge < -0.3 is 11.1 Å². The molecule has 0 bridgehead atoms. The van der Waals surface area contributed by atoms with Gasteiger partial charge in [-0.25, -0.2) is 0 Å². The van der Waals surface area contributed by atoms with Gasteiger partial charge >= 0.3 is 0 Å². The Bertz CT molecular complexity index is 308. The van der Waals surface area contributed by atoms with Crippen molar-refractivity contribution in [3.05, 3.63) is 29.3 Å². The topological polar surface area (TPSA) is 38.0 Å². The van der Waals surface area contributed by atoms with Gasteiger partial charge in [0.2, 0.25) is 0 Å². The highest BCUT2D eigenvalue weighted by atomic mass is 35.5. The number of nitrogens with one attached hydrogen (secondary N) is 1. The summed E-state index contributed by atoms with van der Waals surface area (Å²) in [5, 5.41) is 4.15. The van der Waals surface area contributed by atoms with Crippen LogP contribution in [0.5, 0.6) is 0 Å². The highest BCUT2D eigenvalue weighted by molar-refractivity contribution is 6.30. The van der Waals surface area contributed by atoms with E-state index in [1.54, 1.807) is 0 Å². The van der Waals surface area contributed by atoms with E-state index in [4.69, 9.17) is 17.3 Å². The van der Waals surface area contributed by atoms with E-state index in [1.807, 2.05) is 24.3 Å². The van der Waals surface area contributed by atoms with E-state index < -0.39 is 0 Å². The minimum Gasteiger partial charge on any atom is -0.385 e. The molecule has 3 N–H and O–H groups in total. The highest BCUT2D eigenvalue weighted by Gasteiger charge is 2.25. The predicted octanol–water partition coefficient (Wildman–Crippen LogP) is 2.49. The molecule has 1 aromatic carbocycles. The fraction of sp³-hybridized carbons (Fsp3) is 0.455. The van der Waals surface area contributed by atoms with Gasteiger partial charge in [-0.1, -0.05) is 17.7 Å². The molecule has 76 valence electrons. The van der Waals surface area contributed by atoms with Crippen LogP contribution in [0.25, 0.3) is 0 Å². The fourth-order valence-corrected chi connectivity index (χ4v) is 2.00. The first-order valence-corrected chi connectivity index (χ1v) is 5.37. The molecule has 0 aromatic heterocycles. The van der Waals surface area contributed by atoms with Gasteiger partial charge in [-0.05, 0) is 37.0 Å². The molecule has 1 fully saturated rings. The quantitative estimate of drug-likeness (QED) is 0.805. The maximum atomic E-state index is 5.87. The van der Waals surface area contributed by atoms with Gasteiger partial charge in [0.15, 0.2) is 0 Å². The lowest BCUT2D eigenvalue weighted by Crippen LogP contribution is -2.39. The summed E-state index contributed by atoms with van der Waals surface area (Å²) in [5.74, 6) is 0.740. The van der Waals surface area contributed by atoms with Crippen molar-refractivity contribution in [3.63, 3.8) is 0 Å². The van der Waals surface area contributed by atoms with Crippen LogP contribution in [-0.2, 0) is 0 Å². The summed E-state index contributed by atoms with van der Waals surface area (Å²) >= 11 is 5.87. The standard InChI is InChI=1S/C11H15ClN2/c12-9-2-1-3-11(6-9)14-7-8-4-10(13)5-8/h1-3,6,8,10,14H,4-5,7,13H2. The molecule has 1 aliphatic rings. The van der Waals surface area contributed by atoms with Crippen molar-refractivity contribution in [1.29, 1.82) is 0 Å². The fourth-order valence-electron chi connectivity index (χ4n) is 1.81. The predicted molar refractivity (Wildman–Crippen MR) is 60.6 cm³/mol. The highest BCUT2D eigenvalue weighted by Crippen LogP contribution is 2.26. The molecule has 0 atom stereocenters. The van der Waals surface area contributed by atoms with Gasteiger partial charge in [0.25, 0.3) is 0 Å². The van der Waals surface area contributed by atoms with Crippen LogP contribution >= 0.6 is 11.6 Å². The molecule has 0 spiro atoms. The summed E-state index contributed by atoms with van der Waals surface area (Å²) in [6.07, 6.45) is 2.29. The minimum absolute atomic E-state index is 0.432. The number of rotatable bonds is 3. The Kier molecular flexibility index (Phi) is 2.94. The average Bonchev–Trinajstić information content (AvgIpc) is 2.11. The molecular formula is C11H15ClN2. The third-order valence-corrected chi connectivity index (χ3v) is 2.93. The number of hydrogen-bond donors (Lipinski definition) is 2. The lowest BCUT2D eigenvalue weighted by atomic mass is 9.81. The maximum absolute atomic E-state index is 5.87. The van der Waals surface area contributed by atoms with Gasteiger partial charge in [0.05, 0.1) is 0 Å². The van der Waals surface area contributed by atoms with Gasteiger partial charge in [-0.2, -0.15) is 0 Å². The van der Waals surface area contributed by atoms with Crippen molar-refractivity contribution in [2.45, 2.75) is 18.9 Å². The van der Waals surface area contributed by atoms with E-state index in [0.29, 0.717) is 6.04 Å². The third kappa shape index (κ3) is 2.40. The SMILES string of the molecule is NC1CC(CNc2cccc(Cl)c2)C1. The first-order valence-electron chi connectivity index (χ1n) is 4.99. The van der Waals surface area contributed by atoms with E-state index >= 15 is 0 Å². The average molecular weight is 211 g/mol. The Hall–Kier alpha value is -0.730. The van der Waals surface area contributed by atoms with Crippen LogP contribution in [0.3, 0.4) is 0 Å². The maximum Gasteiger partial charge on any atom is 0.0426 e. The Balaban J connectivity index is 1.80. The third-order valence-electron chi connectivity index (χ3n) is 2.69. The van der Waals surface area contributed by atoms with E-state index in [-0.39, 0.29) is 0 Å². The van der Waals surface area contributed by atoms with E-state index in [9.17, 15) is 0 Å². The largest absolute Gasteiger partial charge is 0.385 e. The molecule has 0 saturated heterocycles. The first-order chi connectivity index (χ1) is 6.74. The smallest absolute Gasteiger partial charge is 0.0426 e. The van der Waals surface area contributed by atoms with Gasteiger partial charge in [0.1, 0.15) is 0 Å². The molecule has 1 aromatic rings. The Morgan fingerprint density at radius 1 is 1.43 bits per heavy atom. The zero-order valence-corrected chi connectivity index (χ0v) is 8.80. The Morgan fingerprint density at radius 2 is 2.21 bits per heavy atom. The van der Waals surface area contributed by atoms with Crippen molar-refractivity contribution in [2.24, 2.45) is 11.7 Å². The second-order valence-electron chi connectivity index (χ2n) is 3.99. The van der Waals surface area contributed by atoms with Crippen molar-refractivity contribution in [3.8, 4) is 0 Å². The number of halogens is 1. The van der Waals surface area contributed by atoms with E-state index in [1.165, 1.54) is 0 Å². The second kappa shape index (κ2) is 4.20. The van der Waals surface area contributed by atoms with Gasteiger partial charge in [-0.15, -0.1) is 0 Å². The summed E-state index contributed by atoms with van der Waals surface area (Å²) in [7, 11) is 0. The molecule has 1 saturated carbocycles. The van der Waals surface area contributed by atoms with Crippen LogP contribution in [-0.4, -0.2) is 12.6 Å². The lowest BCUT2D eigenvalue weighted by molar-refractivity contribution is 0.280. The molecule has 2 rings (SSSR count). The van der Waals surface area contributed by atoms with Crippen LogP contribution < -0.4 is 11.1 Å². The molecule has 2 nitrogen and oxygen atoms in total. The van der Waals surface area contributed by atoms with Gasteiger partial charge in [0, 0.05) is 23.3 Å². The molecule has 0 unspecified atom stereocenters. The summed E-state index contributed by atoms with van der Waals surface area (Å²) in [4.78, 5) is 0. The summed E-state index contributed by atoms with van der Waals surface area (Å²) in [6, 6.07) is 8.24. The van der Waals surface area contributed by atoms with E-state index in [2.05, 4.69) is 5.32 Å². The monoisotopic (exact) mass is 210 g/mol. The van der Waals surface area contributed by atoms with Crippen molar-refractivity contribution in [1.82, 2.24) is 0 Å². The van der Waals surface area contributed by atoms with Gasteiger partial charge in [-0.3, -0.25) is 0 Å². The summed E-state index contributed by atoms with van der Waals surface area (Å²) in [5.41, 5.74) is 6.81. The lowest BCUT2D eigenvalue weighted by Gasteiger charge is -2.32. The van der Waals surface area contributed by atoms with Crippen LogP contribution in [0.1, 0.15) is 12.8 Å². The van der Waals surface area contributed by atoms with Crippen LogP contribution in [0.15, 0.2) is 24.3 Å². The second-order valence-corrected chi connectivity index (χ2v) is 4.43.